The molecule has 1 unspecified atom stereocenters. The van der Waals surface area contributed by atoms with Crippen molar-refractivity contribution in [3.8, 4) is 0 Å². The lowest BCUT2D eigenvalue weighted by molar-refractivity contribution is 0.496. The topological polar surface area (TPSA) is 58.2 Å². The highest BCUT2D eigenvalue weighted by atomic mass is 32.2. The zero-order valence-electron chi connectivity index (χ0n) is 10.8. The summed E-state index contributed by atoms with van der Waals surface area (Å²) in [7, 11) is -3.87. The van der Waals surface area contributed by atoms with Crippen molar-refractivity contribution in [3.63, 3.8) is 0 Å². The molecule has 1 aromatic rings. The van der Waals surface area contributed by atoms with Crippen molar-refractivity contribution in [3.05, 3.63) is 29.6 Å². The molecular formula is C12H15F3N2O2S. The Kier molecular flexibility index (Phi) is 4.24. The van der Waals surface area contributed by atoms with Crippen LogP contribution < -0.4 is 10.0 Å². The molecule has 1 aliphatic carbocycles. The molecule has 20 heavy (non-hydrogen) atoms. The second-order valence-electron chi connectivity index (χ2n) is 4.89. The summed E-state index contributed by atoms with van der Waals surface area (Å²) in [5.74, 6) is -3.84. The van der Waals surface area contributed by atoms with Crippen molar-refractivity contribution in [1.29, 1.82) is 0 Å². The Balaban J connectivity index is 2.08. The molecule has 2 N–H and O–H groups in total. The maximum Gasteiger partial charge on any atom is 0.236 e. The maximum atomic E-state index is 13.4. The fourth-order valence-corrected chi connectivity index (χ4v) is 2.56. The summed E-state index contributed by atoms with van der Waals surface area (Å²) in [5, 5.41) is 2.21. The summed E-state index contributed by atoms with van der Waals surface area (Å²) < 4.78 is 65.0. The molecule has 2 rings (SSSR count). The van der Waals surface area contributed by atoms with Gasteiger partial charge in [-0.05, 0) is 19.8 Å². The van der Waals surface area contributed by atoms with Gasteiger partial charge in [-0.1, -0.05) is 0 Å². The van der Waals surface area contributed by atoms with E-state index in [1.807, 2.05) is 4.72 Å². The average molecular weight is 308 g/mol. The standard InChI is InChI=1S/C12H15F3N2O2S/c1-7(6-16-8-2-3-8)20(18,19)17-12-5-10(14)9(13)4-11(12)15/h4-5,7-8,16-17H,2-3,6H2,1H3. The van der Waals surface area contributed by atoms with Crippen LogP contribution in [0.5, 0.6) is 0 Å². The molecule has 8 heteroatoms. The van der Waals surface area contributed by atoms with E-state index < -0.39 is 38.4 Å². The van der Waals surface area contributed by atoms with Crippen LogP contribution in [0.4, 0.5) is 18.9 Å². The first-order valence-corrected chi connectivity index (χ1v) is 7.74. The van der Waals surface area contributed by atoms with Gasteiger partial charge in [0.1, 0.15) is 5.82 Å². The predicted octanol–water partition coefficient (Wildman–Crippen LogP) is 1.99. The lowest BCUT2D eigenvalue weighted by Crippen LogP contribution is -2.35. The number of nitrogens with one attached hydrogen (secondary N) is 2. The van der Waals surface area contributed by atoms with E-state index >= 15 is 0 Å². The Morgan fingerprint density at radius 1 is 1.20 bits per heavy atom. The van der Waals surface area contributed by atoms with Gasteiger partial charge in [0.25, 0.3) is 0 Å². The molecule has 0 aliphatic heterocycles. The fraction of sp³-hybridized carbons (Fsp3) is 0.500. The molecule has 0 radical (unpaired) electrons. The summed E-state index contributed by atoms with van der Waals surface area (Å²) >= 11 is 0. The third-order valence-electron chi connectivity index (χ3n) is 3.06. The summed E-state index contributed by atoms with van der Waals surface area (Å²) in [6.07, 6.45) is 2.02. The van der Waals surface area contributed by atoms with Gasteiger partial charge >= 0.3 is 0 Å². The average Bonchev–Trinajstić information content (AvgIpc) is 3.16. The second-order valence-corrected chi connectivity index (χ2v) is 6.99. The molecule has 112 valence electrons. The SMILES string of the molecule is CC(CNC1CC1)S(=O)(=O)Nc1cc(F)c(F)cc1F. The predicted molar refractivity (Wildman–Crippen MR) is 69.3 cm³/mol. The van der Waals surface area contributed by atoms with Crippen LogP contribution in [0.3, 0.4) is 0 Å². The van der Waals surface area contributed by atoms with E-state index in [1.54, 1.807) is 0 Å². The molecule has 1 saturated carbocycles. The Labute approximate surface area is 115 Å². The molecule has 0 spiro atoms. The summed E-state index contributed by atoms with van der Waals surface area (Å²) in [6, 6.07) is 1.14. The number of rotatable bonds is 6. The van der Waals surface area contributed by atoms with Gasteiger partial charge < -0.3 is 5.32 Å². The zero-order valence-corrected chi connectivity index (χ0v) is 11.6. The Morgan fingerprint density at radius 2 is 1.80 bits per heavy atom. The molecule has 1 aliphatic rings. The van der Waals surface area contributed by atoms with E-state index in [1.165, 1.54) is 6.92 Å². The molecule has 0 bridgehead atoms. The monoisotopic (exact) mass is 308 g/mol. The fourth-order valence-electron chi connectivity index (χ4n) is 1.58. The lowest BCUT2D eigenvalue weighted by Gasteiger charge is -2.16. The van der Waals surface area contributed by atoms with Crippen molar-refractivity contribution < 1.29 is 21.6 Å². The van der Waals surface area contributed by atoms with E-state index in [0.29, 0.717) is 18.2 Å². The minimum Gasteiger partial charge on any atom is -0.313 e. The van der Waals surface area contributed by atoms with Crippen LogP contribution in [-0.4, -0.2) is 26.3 Å². The van der Waals surface area contributed by atoms with Gasteiger partial charge in [0.2, 0.25) is 10.0 Å². The van der Waals surface area contributed by atoms with E-state index in [9.17, 15) is 21.6 Å². The summed E-state index contributed by atoms with van der Waals surface area (Å²) in [4.78, 5) is 0. The number of hydrogen-bond donors (Lipinski definition) is 2. The van der Waals surface area contributed by atoms with Crippen LogP contribution in [0.25, 0.3) is 0 Å². The van der Waals surface area contributed by atoms with Crippen molar-refractivity contribution in [2.24, 2.45) is 0 Å². The van der Waals surface area contributed by atoms with Gasteiger partial charge in [0, 0.05) is 24.7 Å². The quantitative estimate of drug-likeness (QED) is 0.790. The normalized spacial score (nSPS) is 17.0. The molecule has 0 amide bonds. The smallest absolute Gasteiger partial charge is 0.236 e. The minimum absolute atomic E-state index is 0.214. The van der Waals surface area contributed by atoms with Crippen molar-refractivity contribution in [2.75, 3.05) is 11.3 Å². The minimum atomic E-state index is -3.87. The molecule has 0 heterocycles. The molecule has 1 atom stereocenters. The number of halogens is 3. The zero-order chi connectivity index (χ0) is 14.9. The van der Waals surface area contributed by atoms with Crippen LogP contribution in [0.1, 0.15) is 19.8 Å². The Bertz CT molecular complexity index is 603. The summed E-state index contributed by atoms with van der Waals surface area (Å²) in [6.45, 7) is 1.67. The van der Waals surface area contributed by atoms with Gasteiger partial charge in [-0.3, -0.25) is 4.72 Å². The highest BCUT2D eigenvalue weighted by Crippen LogP contribution is 2.21. The molecule has 1 aromatic carbocycles. The third kappa shape index (κ3) is 3.63. The first-order chi connectivity index (χ1) is 9.29. The molecule has 4 nitrogen and oxygen atoms in total. The number of hydrogen-bond acceptors (Lipinski definition) is 3. The number of benzene rings is 1. The van der Waals surface area contributed by atoms with Crippen LogP contribution in [0.2, 0.25) is 0 Å². The maximum absolute atomic E-state index is 13.4. The second kappa shape index (κ2) is 5.61. The van der Waals surface area contributed by atoms with Crippen molar-refractivity contribution in [2.45, 2.75) is 31.1 Å². The van der Waals surface area contributed by atoms with Crippen molar-refractivity contribution in [1.82, 2.24) is 5.32 Å². The highest BCUT2D eigenvalue weighted by molar-refractivity contribution is 7.93. The molecular weight excluding hydrogens is 293 g/mol. The van der Waals surface area contributed by atoms with Crippen LogP contribution in [0.15, 0.2) is 12.1 Å². The third-order valence-corrected chi connectivity index (χ3v) is 4.79. The van der Waals surface area contributed by atoms with Crippen LogP contribution in [0, 0.1) is 17.5 Å². The van der Waals surface area contributed by atoms with Gasteiger partial charge in [-0.2, -0.15) is 0 Å². The molecule has 1 fully saturated rings. The van der Waals surface area contributed by atoms with E-state index in [2.05, 4.69) is 5.32 Å². The van der Waals surface area contributed by atoms with E-state index in [0.717, 1.165) is 12.8 Å². The molecule has 0 aromatic heterocycles. The largest absolute Gasteiger partial charge is 0.313 e. The van der Waals surface area contributed by atoms with Gasteiger partial charge in [-0.25, -0.2) is 21.6 Å². The highest BCUT2D eigenvalue weighted by Gasteiger charge is 2.26. The Hall–Kier alpha value is -1.28. The van der Waals surface area contributed by atoms with Crippen molar-refractivity contribution >= 4 is 15.7 Å². The first kappa shape index (κ1) is 15.1. The first-order valence-electron chi connectivity index (χ1n) is 6.19. The number of anilines is 1. The summed E-state index contributed by atoms with van der Waals surface area (Å²) in [5.41, 5.74) is -0.595. The van der Waals surface area contributed by atoms with E-state index in [-0.39, 0.29) is 6.54 Å². The molecule has 0 saturated heterocycles. The van der Waals surface area contributed by atoms with E-state index in [4.69, 9.17) is 0 Å². The number of sulfonamides is 1. The van der Waals surface area contributed by atoms with Crippen LogP contribution >= 0.6 is 0 Å². The lowest BCUT2D eigenvalue weighted by atomic mass is 10.3. The Morgan fingerprint density at radius 3 is 2.40 bits per heavy atom. The van der Waals surface area contributed by atoms with Gasteiger partial charge in [0.15, 0.2) is 11.6 Å². The van der Waals surface area contributed by atoms with Gasteiger partial charge in [0.05, 0.1) is 10.9 Å². The van der Waals surface area contributed by atoms with Crippen LogP contribution in [-0.2, 0) is 10.0 Å². The van der Waals surface area contributed by atoms with Gasteiger partial charge in [-0.15, -0.1) is 0 Å².